The van der Waals surface area contributed by atoms with E-state index in [1.54, 1.807) is 73.4 Å². The number of carboxylic acids is 1. The van der Waals surface area contributed by atoms with E-state index in [-0.39, 0.29) is 114 Å². The highest BCUT2D eigenvalue weighted by atomic mass is 32.2. The molecule has 12 atom stereocenters. The third kappa shape index (κ3) is 28.0. The van der Waals surface area contributed by atoms with Crippen molar-refractivity contribution in [1.82, 2.24) is 68.0 Å². The Morgan fingerprint density at radius 1 is 0.579 bits per heavy atom. The Hall–Kier alpha value is -9.30. The molecule has 17 N–H and O–H groups in total. The second kappa shape index (κ2) is 46.9. The van der Waals surface area contributed by atoms with E-state index >= 15 is 0 Å². The first-order valence-electron chi connectivity index (χ1n) is 38.3. The molecule has 8 rings (SSSR count). The number of likely N-dealkylation sites (N-methyl/N-ethyl adjacent to an activating group) is 1. The quantitative estimate of drug-likeness (QED) is 0.0186. The molecule has 3 heterocycles. The van der Waals surface area contributed by atoms with Gasteiger partial charge in [-0.15, -0.1) is 0 Å². The van der Waals surface area contributed by atoms with Crippen LogP contribution in [0, 0.1) is 5.92 Å². The Bertz CT molecular complexity index is 4160. The van der Waals surface area contributed by atoms with Crippen molar-refractivity contribution in [3.05, 3.63) is 137 Å². The SMILES string of the molecule is CC[C@H](NC(=O)[C@H](CCCCN)NC(=O)[C@@H](Cc1c[nH]c2ccccc12)NC(=O)[C@H](Cc1ccc(O)cc1)NC(=O)[C@H](CS)NC(=O)[C@@H](Cc1ccccc1)NC(=O)COCCOCCNC(=O)COCCOCCNC(=O)CSC[C@@H]1CC2c3cccc4[nH]cc(c34)CC2N(C)C1)C(=O)N[C@@H](CS)C(=O)N[C@H](C(=O)O)[C@@H](C)O. The molecule has 4 aromatic carbocycles. The smallest absolute Gasteiger partial charge is 0.328 e. The average Bonchev–Trinajstić information content (AvgIpc) is 1.57. The Kier molecular flexibility index (Phi) is 37.1. The Morgan fingerprint density at radius 2 is 1.11 bits per heavy atom. The van der Waals surface area contributed by atoms with Crippen molar-refractivity contribution >= 4 is 124 Å². The summed E-state index contributed by atoms with van der Waals surface area (Å²) >= 11 is 10.2. The molecule has 1 fully saturated rings. The van der Waals surface area contributed by atoms with Crippen molar-refractivity contribution in [2.45, 2.75) is 138 Å². The maximum Gasteiger partial charge on any atom is 0.328 e. The molecule has 0 spiro atoms. The van der Waals surface area contributed by atoms with Crippen LogP contribution in [0.4, 0.5) is 0 Å². The zero-order valence-electron chi connectivity index (χ0n) is 64.3. The largest absolute Gasteiger partial charge is 0.508 e. The number of aliphatic carboxylic acids is 1. The molecule has 2 unspecified atom stereocenters. The van der Waals surface area contributed by atoms with E-state index < -0.39 is 114 Å². The number of unbranched alkanes of at least 4 members (excludes halogenated alkanes) is 1. The molecule has 35 heteroatoms. The zero-order valence-corrected chi connectivity index (χ0v) is 66.9. The van der Waals surface area contributed by atoms with E-state index in [2.05, 4.69) is 125 Å². The number of thiol groups is 2. The number of hydrogen-bond donors (Lipinski definition) is 18. The highest BCUT2D eigenvalue weighted by molar-refractivity contribution is 7.99. The summed E-state index contributed by atoms with van der Waals surface area (Å²) in [7, 11) is 2.22. The zero-order chi connectivity index (χ0) is 82.1. The highest BCUT2D eigenvalue weighted by Crippen LogP contribution is 2.45. The maximum atomic E-state index is 15.0. The van der Waals surface area contributed by atoms with Crippen LogP contribution in [-0.2, 0) is 97.4 Å². The lowest BCUT2D eigenvalue weighted by molar-refractivity contribution is -0.145. The number of nitrogens with two attached hydrogens (primary N) is 1. The summed E-state index contributed by atoms with van der Waals surface area (Å²) < 4.78 is 22.2. The third-order valence-electron chi connectivity index (χ3n) is 19.7. The van der Waals surface area contributed by atoms with Crippen LogP contribution in [0.25, 0.3) is 21.8 Å². The van der Waals surface area contributed by atoms with Crippen molar-refractivity contribution < 1.29 is 87.0 Å². The number of phenols is 1. The van der Waals surface area contributed by atoms with Gasteiger partial charge in [-0.25, -0.2) is 4.79 Å². The van der Waals surface area contributed by atoms with Crippen molar-refractivity contribution in [3.8, 4) is 5.75 Å². The molecule has 0 bridgehead atoms. The molecule has 1 aliphatic carbocycles. The second-order valence-electron chi connectivity index (χ2n) is 28.3. The van der Waals surface area contributed by atoms with Crippen LogP contribution in [0.15, 0.2) is 109 Å². The van der Waals surface area contributed by atoms with Gasteiger partial charge in [-0.1, -0.05) is 79.7 Å². The van der Waals surface area contributed by atoms with Crippen LogP contribution in [0.1, 0.15) is 79.7 Å². The number of thioether (sulfide) groups is 1. The van der Waals surface area contributed by atoms with Gasteiger partial charge in [0, 0.05) is 96.6 Å². The van der Waals surface area contributed by atoms with Gasteiger partial charge in [-0.3, -0.25) is 47.9 Å². The van der Waals surface area contributed by atoms with Crippen molar-refractivity contribution in [2.75, 3.05) is 109 Å². The number of aliphatic hydroxyl groups excluding tert-OH is 1. The number of benzene rings is 4. The number of ether oxygens (including phenoxy) is 4. The number of carbonyl (C=O) groups is 11. The third-order valence-corrected chi connectivity index (χ3v) is 21.6. The number of nitrogens with zero attached hydrogens (tertiary/aromatic N) is 1. The van der Waals surface area contributed by atoms with Crippen molar-refractivity contribution in [3.63, 3.8) is 0 Å². The highest BCUT2D eigenvalue weighted by Gasteiger charge is 2.41. The number of likely N-dealkylation sites (tertiary alicyclic amines) is 1. The molecule has 0 saturated carbocycles. The van der Waals surface area contributed by atoms with E-state index in [0.29, 0.717) is 77.2 Å². The summed E-state index contributed by atoms with van der Waals surface area (Å²) in [6.45, 7) is 4.62. The molecule has 0 radical (unpaired) electrons. The van der Waals surface area contributed by atoms with Crippen LogP contribution in [0.5, 0.6) is 5.75 Å². The molecular formula is C79H108N14O18S3. The number of fused-ring (bicyclic) bond motifs is 3. The van der Waals surface area contributed by atoms with Gasteiger partial charge in [-0.05, 0) is 123 Å². The molecule has 10 amide bonds. The monoisotopic (exact) mass is 1640 g/mol. The van der Waals surface area contributed by atoms with E-state index in [0.717, 1.165) is 32.1 Å². The number of aromatic amines is 2. The lowest BCUT2D eigenvalue weighted by atomic mass is 9.73. The Morgan fingerprint density at radius 3 is 1.74 bits per heavy atom. The van der Waals surface area contributed by atoms with E-state index in [1.807, 2.05) is 6.07 Å². The van der Waals surface area contributed by atoms with Crippen molar-refractivity contribution in [1.29, 1.82) is 0 Å². The number of rotatable bonds is 50. The van der Waals surface area contributed by atoms with E-state index in [9.17, 15) is 68.1 Å². The van der Waals surface area contributed by atoms with Crippen LogP contribution in [0.3, 0.4) is 0 Å². The minimum absolute atomic E-state index is 0.00170. The standard InChI is InChI=1S/C79H108N14O18S3/c1-4-57(72(99)90-65(44-113)78(105)92-71(47(2)94)79(106)107)86-73(100)60(18-10-11-24-80)87-76(103)63(36-51-38-83-58-17-9-8-15-54(51)58)89-75(102)62(35-49-20-22-53(95)23-21-49)88-77(104)64(43-112)91-74(101)61(34-48-13-6-5-7-14-48)85-68(97)42-111-32-30-108-27-25-81-67(96)41-110-31-29-109-28-26-82-69(98)46-114-45-50-33-56-55-16-12-19-59-70(55)52(39-84-59)37-66(56)93(3)40-50/h5-9,12-17,19-23,38-39,47,50,56-57,60-66,71,83-84,94-95,112-113H,4,10-11,18,24-37,40-46,80H2,1-3H3,(H,81,96)(H,82,98)(H,85,97)(H,86,100)(H,87,103)(H,88,104)(H,89,102)(H,90,99)(H,91,101)(H,92,105)(H,106,107)/t47-,50-,56?,57+,60+,61-,62+,63-,64+,65+,66?,71+/m1/s1. The topological polar surface area (TPSA) is 467 Å². The van der Waals surface area contributed by atoms with Gasteiger partial charge in [0.15, 0.2) is 6.04 Å². The number of carboxylic acid groups (broad SMARTS) is 1. The number of aliphatic hydroxyl groups is 1. The number of aromatic hydroxyl groups is 1. The predicted octanol–water partition coefficient (Wildman–Crippen LogP) is 0.817. The molecule has 6 aromatic rings. The number of aromatic nitrogens is 2. The van der Waals surface area contributed by atoms with E-state index in [4.69, 9.17) is 24.7 Å². The minimum atomic E-state index is -1.71. The van der Waals surface area contributed by atoms with Crippen LogP contribution in [-0.4, -0.2) is 265 Å². The number of piperidine rings is 1. The number of carbonyl (C=O) groups excluding carboxylic acids is 10. The van der Waals surface area contributed by atoms with Crippen LogP contribution in [0.2, 0.25) is 0 Å². The van der Waals surface area contributed by atoms with Gasteiger partial charge in [0.2, 0.25) is 59.1 Å². The number of H-pyrrole nitrogens is 2. The number of nitrogens with one attached hydrogen (secondary N) is 12. The van der Waals surface area contributed by atoms with Gasteiger partial charge in [0.1, 0.15) is 61.3 Å². The Labute approximate surface area is 677 Å². The van der Waals surface area contributed by atoms with E-state index in [1.165, 1.54) is 46.3 Å². The summed E-state index contributed by atoms with van der Waals surface area (Å²) in [5, 5.41) is 58.2. The molecular weight excluding hydrogens is 1530 g/mol. The van der Waals surface area contributed by atoms with Gasteiger partial charge in [0.05, 0.1) is 51.5 Å². The summed E-state index contributed by atoms with van der Waals surface area (Å²) in [6.07, 6.45) is 4.75. The molecule has 32 nitrogen and oxygen atoms in total. The Balaban J connectivity index is 0.780. The first kappa shape index (κ1) is 90.2. The van der Waals surface area contributed by atoms with Gasteiger partial charge < -0.3 is 108 Å². The predicted molar refractivity (Wildman–Crippen MR) is 436 cm³/mol. The fourth-order valence-corrected chi connectivity index (χ4v) is 15.3. The fourth-order valence-electron chi connectivity index (χ4n) is 13.8. The summed E-state index contributed by atoms with van der Waals surface area (Å²) in [6, 6.07) is 17.3. The number of para-hydroxylation sites is 1. The number of hydrogen-bond acceptors (Lipinski definition) is 22. The fraction of sp³-hybridized carbons (Fsp3) is 0.506. The lowest BCUT2D eigenvalue weighted by Gasteiger charge is -2.45. The lowest BCUT2D eigenvalue weighted by Crippen LogP contribution is -2.61. The number of phenolic OH excluding ortho intramolecular Hbond substituents is 1. The van der Waals surface area contributed by atoms with Crippen LogP contribution >= 0.6 is 37.0 Å². The van der Waals surface area contributed by atoms with Gasteiger partial charge >= 0.3 is 5.97 Å². The normalized spacial score (nSPS) is 16.9. The van der Waals surface area contributed by atoms with Crippen LogP contribution < -0.4 is 58.9 Å². The molecule has 114 heavy (non-hydrogen) atoms. The molecule has 2 aliphatic rings. The minimum Gasteiger partial charge on any atom is -0.508 e. The van der Waals surface area contributed by atoms with Gasteiger partial charge in [-0.2, -0.15) is 37.0 Å². The summed E-state index contributed by atoms with van der Waals surface area (Å²) in [5.74, 6) is -7.15. The average molecular weight is 1640 g/mol. The summed E-state index contributed by atoms with van der Waals surface area (Å²) in [5.41, 5.74) is 12.2. The molecule has 620 valence electrons. The second-order valence-corrected chi connectivity index (χ2v) is 30.0. The van der Waals surface area contributed by atoms with Crippen molar-refractivity contribution in [2.24, 2.45) is 11.7 Å². The first-order chi connectivity index (χ1) is 55.0. The molecule has 1 aliphatic heterocycles. The summed E-state index contributed by atoms with van der Waals surface area (Å²) in [4.78, 5) is 159. The molecule has 2 aromatic heterocycles. The molecule has 1 saturated heterocycles. The maximum absolute atomic E-state index is 15.0. The number of amides is 10. The first-order valence-corrected chi connectivity index (χ1v) is 40.7. The van der Waals surface area contributed by atoms with Gasteiger partial charge in [0.25, 0.3) is 0 Å².